The maximum Gasteiger partial charge on any atom is 0.273 e. The average molecular weight is 512 g/mol. The van der Waals surface area contributed by atoms with E-state index in [1.54, 1.807) is 36.4 Å². The topological polar surface area (TPSA) is 38.4 Å². The molecule has 0 fully saturated rings. The summed E-state index contributed by atoms with van der Waals surface area (Å²) in [6, 6.07) is 20.1. The van der Waals surface area contributed by atoms with Crippen LogP contribution in [0.4, 0.5) is 10.1 Å². The normalized spacial score (nSPS) is 13.1. The van der Waals surface area contributed by atoms with Crippen molar-refractivity contribution in [3.8, 4) is 22.4 Å². The third-order valence-electron chi connectivity index (χ3n) is 7.39. The third-order valence-corrected chi connectivity index (χ3v) is 7.64. The summed E-state index contributed by atoms with van der Waals surface area (Å²) in [5, 5.41) is 3.70. The molecule has 0 saturated heterocycles. The van der Waals surface area contributed by atoms with Gasteiger partial charge in [0, 0.05) is 34.6 Å². The number of nitrogens with zero attached hydrogens (tertiary/aromatic N) is 2. The molecule has 6 rings (SSSR count). The Morgan fingerprint density at radius 1 is 0.919 bits per heavy atom. The summed E-state index contributed by atoms with van der Waals surface area (Å²) < 4.78 is 18.0. The Morgan fingerprint density at radius 3 is 2.38 bits per heavy atom. The number of hydrogen-bond acceptors (Lipinski definition) is 1. The SMILES string of the molecule is Cc1ccc(-c2c3c4n(c(-c5ccc(F)cc5)cn4c2C(=O)Nc2ccc(Cl)cc2)CCCC3)cc1C. The summed E-state index contributed by atoms with van der Waals surface area (Å²) in [4.78, 5) is 14.0. The quantitative estimate of drug-likeness (QED) is 0.260. The molecule has 0 aliphatic carbocycles. The standard InChI is InChI=1S/C31H27ClFN3O/c1-19-6-7-22(17-20(19)2)28-26-5-3-4-16-35-27(21-8-12-24(33)13-9-21)18-36(31(26)35)29(28)30(37)34-25-14-10-23(32)11-15-25/h6-15,17-18H,3-5,16H2,1-2H3,(H,34,37). The van der Waals surface area contributed by atoms with Crippen LogP contribution in [-0.2, 0) is 13.0 Å². The maximum atomic E-state index is 14.0. The highest BCUT2D eigenvalue weighted by Crippen LogP contribution is 2.40. The number of carbonyl (C=O) groups excluding carboxylic acids is 1. The van der Waals surface area contributed by atoms with E-state index in [0.717, 1.165) is 53.8 Å². The maximum absolute atomic E-state index is 14.0. The Morgan fingerprint density at radius 2 is 1.65 bits per heavy atom. The highest BCUT2D eigenvalue weighted by molar-refractivity contribution is 6.30. The van der Waals surface area contributed by atoms with Crippen LogP contribution < -0.4 is 5.32 Å². The van der Waals surface area contributed by atoms with Crippen LogP contribution in [0.1, 0.15) is 40.0 Å². The van der Waals surface area contributed by atoms with Gasteiger partial charge >= 0.3 is 0 Å². The van der Waals surface area contributed by atoms with Crippen LogP contribution in [-0.4, -0.2) is 14.9 Å². The molecule has 6 heteroatoms. The first-order valence-electron chi connectivity index (χ1n) is 12.6. The van der Waals surface area contributed by atoms with Gasteiger partial charge in [-0.2, -0.15) is 0 Å². The van der Waals surface area contributed by atoms with Gasteiger partial charge in [0.25, 0.3) is 5.91 Å². The van der Waals surface area contributed by atoms with Crippen LogP contribution in [0.2, 0.25) is 5.02 Å². The summed E-state index contributed by atoms with van der Waals surface area (Å²) >= 11 is 6.07. The van der Waals surface area contributed by atoms with E-state index >= 15 is 0 Å². The fourth-order valence-electron chi connectivity index (χ4n) is 5.39. The molecule has 0 radical (unpaired) electrons. The van der Waals surface area contributed by atoms with Crippen molar-refractivity contribution in [1.29, 1.82) is 0 Å². The number of imidazole rings is 1. The molecule has 3 heterocycles. The number of anilines is 1. The molecule has 37 heavy (non-hydrogen) atoms. The number of benzene rings is 3. The van der Waals surface area contributed by atoms with Crippen molar-refractivity contribution in [2.24, 2.45) is 0 Å². The van der Waals surface area contributed by atoms with Crippen molar-refractivity contribution in [3.05, 3.63) is 106 Å². The van der Waals surface area contributed by atoms with Crippen molar-refractivity contribution < 1.29 is 9.18 Å². The molecule has 4 nitrogen and oxygen atoms in total. The van der Waals surface area contributed by atoms with Crippen LogP contribution in [0, 0.1) is 19.7 Å². The third kappa shape index (κ3) is 4.13. The molecule has 186 valence electrons. The van der Waals surface area contributed by atoms with E-state index < -0.39 is 0 Å². The van der Waals surface area contributed by atoms with E-state index in [0.29, 0.717) is 16.4 Å². The second-order valence-corrected chi connectivity index (χ2v) is 10.2. The predicted octanol–water partition coefficient (Wildman–Crippen LogP) is 8.07. The molecule has 1 amide bonds. The number of aryl methyl sites for hydroxylation is 4. The van der Waals surface area contributed by atoms with Gasteiger partial charge in [-0.25, -0.2) is 4.39 Å². The van der Waals surface area contributed by atoms with E-state index in [-0.39, 0.29) is 11.7 Å². The van der Waals surface area contributed by atoms with Crippen molar-refractivity contribution in [2.75, 3.05) is 5.32 Å². The van der Waals surface area contributed by atoms with Crippen LogP contribution >= 0.6 is 11.6 Å². The first-order valence-corrected chi connectivity index (χ1v) is 13.0. The molecule has 0 bridgehead atoms. The van der Waals surface area contributed by atoms with Gasteiger partial charge in [-0.05, 0) is 104 Å². The molecule has 1 aliphatic rings. The van der Waals surface area contributed by atoms with Gasteiger partial charge in [0.1, 0.15) is 17.2 Å². The summed E-state index contributed by atoms with van der Waals surface area (Å²) in [6.45, 7) is 5.04. The highest BCUT2D eigenvalue weighted by atomic mass is 35.5. The van der Waals surface area contributed by atoms with Crippen molar-refractivity contribution in [2.45, 2.75) is 39.7 Å². The number of carbonyl (C=O) groups is 1. The van der Waals surface area contributed by atoms with Gasteiger partial charge in [-0.3, -0.25) is 9.20 Å². The zero-order chi connectivity index (χ0) is 25.7. The smallest absolute Gasteiger partial charge is 0.273 e. The van der Waals surface area contributed by atoms with E-state index in [1.807, 2.05) is 10.6 Å². The molecule has 0 unspecified atom stereocenters. The van der Waals surface area contributed by atoms with Crippen molar-refractivity contribution in [1.82, 2.24) is 8.97 Å². The number of nitrogens with one attached hydrogen (secondary N) is 1. The summed E-state index contributed by atoms with van der Waals surface area (Å²) in [5.41, 5.74) is 9.82. The number of aromatic nitrogens is 2. The number of halogens is 2. The molecular formula is C31H27ClFN3O. The number of amides is 1. The minimum Gasteiger partial charge on any atom is -0.325 e. The monoisotopic (exact) mass is 511 g/mol. The number of hydrogen-bond donors (Lipinski definition) is 1. The van der Waals surface area contributed by atoms with Crippen LogP contribution in [0.3, 0.4) is 0 Å². The molecule has 1 aliphatic heterocycles. The Bertz CT molecular complexity index is 1650. The lowest BCUT2D eigenvalue weighted by Gasteiger charge is -2.12. The first-order chi connectivity index (χ1) is 17.9. The zero-order valence-corrected chi connectivity index (χ0v) is 21.6. The van der Waals surface area contributed by atoms with Crippen molar-refractivity contribution >= 4 is 28.8 Å². The van der Waals surface area contributed by atoms with E-state index in [4.69, 9.17) is 11.6 Å². The van der Waals surface area contributed by atoms with Crippen LogP contribution in [0.5, 0.6) is 0 Å². The molecule has 0 spiro atoms. The second-order valence-electron chi connectivity index (χ2n) is 9.79. The van der Waals surface area contributed by atoms with Crippen LogP contribution in [0.15, 0.2) is 72.9 Å². The van der Waals surface area contributed by atoms with Crippen molar-refractivity contribution in [3.63, 3.8) is 0 Å². The number of rotatable bonds is 4. The Hall–Kier alpha value is -3.83. The first kappa shape index (κ1) is 23.6. The Labute approximate surface area is 220 Å². The van der Waals surface area contributed by atoms with Gasteiger partial charge < -0.3 is 9.88 Å². The molecule has 0 atom stereocenters. The fourth-order valence-corrected chi connectivity index (χ4v) is 5.52. The molecule has 5 aromatic rings. The lowest BCUT2D eigenvalue weighted by Crippen LogP contribution is -2.15. The lowest BCUT2D eigenvalue weighted by molar-refractivity contribution is 0.102. The predicted molar refractivity (Wildman–Crippen MR) is 148 cm³/mol. The van der Waals surface area contributed by atoms with E-state index in [9.17, 15) is 9.18 Å². The van der Waals surface area contributed by atoms with Gasteiger partial charge in [0.2, 0.25) is 0 Å². The molecular weight excluding hydrogens is 485 g/mol. The fraction of sp³-hybridized carbons (Fsp3) is 0.194. The van der Waals surface area contributed by atoms with Gasteiger partial charge in [0.15, 0.2) is 0 Å². The van der Waals surface area contributed by atoms with E-state index in [2.05, 4.69) is 41.9 Å². The Balaban J connectivity index is 1.61. The Kier molecular flexibility index (Phi) is 5.88. The molecule has 3 aromatic carbocycles. The van der Waals surface area contributed by atoms with E-state index in [1.165, 1.54) is 28.8 Å². The zero-order valence-electron chi connectivity index (χ0n) is 20.8. The molecule has 1 N–H and O–H groups in total. The summed E-state index contributed by atoms with van der Waals surface area (Å²) in [6.07, 6.45) is 4.97. The molecule has 2 aromatic heterocycles. The second kappa shape index (κ2) is 9.24. The summed E-state index contributed by atoms with van der Waals surface area (Å²) in [5.74, 6) is -0.446. The largest absolute Gasteiger partial charge is 0.325 e. The van der Waals surface area contributed by atoms with Gasteiger partial charge in [-0.15, -0.1) is 0 Å². The lowest BCUT2D eigenvalue weighted by atomic mass is 9.95. The van der Waals surface area contributed by atoms with Gasteiger partial charge in [0.05, 0.1) is 5.69 Å². The van der Waals surface area contributed by atoms with Crippen LogP contribution in [0.25, 0.3) is 28.0 Å². The van der Waals surface area contributed by atoms with Gasteiger partial charge in [-0.1, -0.05) is 29.8 Å². The molecule has 0 saturated carbocycles. The average Bonchev–Trinajstić information content (AvgIpc) is 3.30. The highest BCUT2D eigenvalue weighted by Gasteiger charge is 2.29. The minimum atomic E-state index is -0.265. The minimum absolute atomic E-state index is 0.180. The summed E-state index contributed by atoms with van der Waals surface area (Å²) in [7, 11) is 0.